The third-order valence-electron chi connectivity index (χ3n) is 6.68. The van der Waals surface area contributed by atoms with Crippen LogP contribution in [-0.4, -0.2) is 65.2 Å². The molecule has 2 aliphatic rings. The van der Waals surface area contributed by atoms with Crippen LogP contribution in [0.5, 0.6) is 0 Å². The molecule has 31 heavy (non-hydrogen) atoms. The highest BCUT2D eigenvalue weighted by Crippen LogP contribution is 2.27. The monoisotopic (exact) mass is 421 g/mol. The highest BCUT2D eigenvalue weighted by molar-refractivity contribution is 5.82. The first kappa shape index (κ1) is 22.0. The molecule has 0 aromatic heterocycles. The molecule has 2 N–H and O–H groups in total. The normalized spacial score (nSPS) is 23.1. The average molecular weight is 422 g/mol. The maximum atomic E-state index is 12.9. The maximum Gasteiger partial charge on any atom is 0.237 e. The van der Waals surface area contributed by atoms with Crippen LogP contribution in [0.25, 0.3) is 0 Å². The SMILES string of the molecule is O=C(NCCCc1ccccc1)[C@@H]1C[C@@H](O)CN1C1CCN(Cc2ccccc2)CC1. The molecular weight excluding hydrogens is 386 g/mol. The zero-order valence-corrected chi connectivity index (χ0v) is 18.3. The summed E-state index contributed by atoms with van der Waals surface area (Å²) in [5.74, 6) is 0.0799. The molecule has 0 bridgehead atoms. The lowest BCUT2D eigenvalue weighted by molar-refractivity contribution is -0.126. The number of hydrogen-bond donors (Lipinski definition) is 2. The van der Waals surface area contributed by atoms with E-state index in [9.17, 15) is 9.90 Å². The summed E-state index contributed by atoms with van der Waals surface area (Å²) in [5.41, 5.74) is 2.65. The van der Waals surface area contributed by atoms with Crippen molar-refractivity contribution in [3.8, 4) is 0 Å². The molecule has 5 nitrogen and oxygen atoms in total. The van der Waals surface area contributed by atoms with Gasteiger partial charge in [0.25, 0.3) is 0 Å². The van der Waals surface area contributed by atoms with Gasteiger partial charge in [-0.05, 0) is 56.3 Å². The minimum absolute atomic E-state index is 0.0799. The molecule has 1 amide bonds. The van der Waals surface area contributed by atoms with E-state index in [4.69, 9.17) is 0 Å². The number of amides is 1. The first-order valence-electron chi connectivity index (χ1n) is 11.7. The van der Waals surface area contributed by atoms with Crippen LogP contribution in [-0.2, 0) is 17.8 Å². The number of β-amino-alcohol motifs (C(OH)–C–C–N with tert-alkyl or cyclic N) is 1. The number of carbonyl (C=O) groups is 1. The minimum Gasteiger partial charge on any atom is -0.392 e. The number of nitrogens with one attached hydrogen (secondary N) is 1. The standard InChI is InChI=1S/C26H35N3O2/c30-24-18-25(26(31)27-15-7-12-21-8-3-1-4-9-21)29(20-24)23-13-16-28(17-14-23)19-22-10-5-2-6-11-22/h1-6,8-11,23-25,30H,7,12-20H2,(H,27,31)/t24-,25+/m1/s1. The molecule has 2 aliphatic heterocycles. The van der Waals surface area contributed by atoms with Crippen LogP contribution in [0.1, 0.15) is 36.8 Å². The first-order valence-corrected chi connectivity index (χ1v) is 11.7. The van der Waals surface area contributed by atoms with E-state index in [0.717, 1.165) is 45.3 Å². The fraction of sp³-hybridized carbons (Fsp3) is 0.500. The van der Waals surface area contributed by atoms with Crippen LogP contribution in [0.2, 0.25) is 0 Å². The molecule has 2 atom stereocenters. The average Bonchev–Trinajstić information content (AvgIpc) is 3.20. The predicted octanol–water partition coefficient (Wildman–Crippen LogP) is 2.84. The third kappa shape index (κ3) is 6.16. The quantitative estimate of drug-likeness (QED) is 0.644. The Bertz CT molecular complexity index is 806. The van der Waals surface area contributed by atoms with E-state index in [1.165, 1.54) is 11.1 Å². The summed E-state index contributed by atoms with van der Waals surface area (Å²) in [6.07, 6.45) is 4.16. The van der Waals surface area contributed by atoms with Crippen molar-refractivity contribution in [2.45, 2.75) is 56.8 Å². The lowest BCUT2D eigenvalue weighted by atomic mass is 10.0. The zero-order chi connectivity index (χ0) is 21.5. The van der Waals surface area contributed by atoms with Gasteiger partial charge in [-0.2, -0.15) is 0 Å². The van der Waals surface area contributed by atoms with Gasteiger partial charge in [0, 0.05) is 25.7 Å². The third-order valence-corrected chi connectivity index (χ3v) is 6.68. The lowest BCUT2D eigenvalue weighted by Gasteiger charge is -2.39. The van der Waals surface area contributed by atoms with Crippen LogP contribution >= 0.6 is 0 Å². The Morgan fingerprint density at radius 1 is 0.968 bits per heavy atom. The second kappa shape index (κ2) is 10.9. The molecule has 0 spiro atoms. The van der Waals surface area contributed by atoms with Gasteiger partial charge in [-0.3, -0.25) is 14.6 Å². The van der Waals surface area contributed by atoms with Gasteiger partial charge in [0.2, 0.25) is 5.91 Å². The van der Waals surface area contributed by atoms with Crippen molar-refractivity contribution in [3.63, 3.8) is 0 Å². The van der Waals surface area contributed by atoms with Crippen molar-refractivity contribution in [2.75, 3.05) is 26.2 Å². The lowest BCUT2D eigenvalue weighted by Crippen LogP contribution is -2.51. The van der Waals surface area contributed by atoms with Crippen molar-refractivity contribution in [3.05, 3.63) is 71.8 Å². The fourth-order valence-corrected chi connectivity index (χ4v) is 5.02. The second-order valence-corrected chi connectivity index (χ2v) is 8.98. The Morgan fingerprint density at radius 3 is 2.29 bits per heavy atom. The summed E-state index contributed by atoms with van der Waals surface area (Å²) in [6.45, 7) is 4.37. The molecule has 0 aliphatic carbocycles. The first-order chi connectivity index (χ1) is 15.2. The largest absolute Gasteiger partial charge is 0.392 e. The Hall–Kier alpha value is -2.21. The number of piperidine rings is 1. The van der Waals surface area contributed by atoms with Crippen molar-refractivity contribution < 1.29 is 9.90 Å². The number of aliphatic hydroxyl groups excluding tert-OH is 1. The smallest absolute Gasteiger partial charge is 0.237 e. The van der Waals surface area contributed by atoms with Gasteiger partial charge in [-0.25, -0.2) is 0 Å². The predicted molar refractivity (Wildman–Crippen MR) is 124 cm³/mol. The molecule has 2 fully saturated rings. The summed E-state index contributed by atoms with van der Waals surface area (Å²) in [7, 11) is 0. The van der Waals surface area contributed by atoms with Crippen molar-refractivity contribution in [1.29, 1.82) is 0 Å². The van der Waals surface area contributed by atoms with Crippen LogP contribution in [0.4, 0.5) is 0 Å². The zero-order valence-electron chi connectivity index (χ0n) is 18.3. The molecule has 0 unspecified atom stereocenters. The van der Waals surface area contributed by atoms with Crippen LogP contribution in [0, 0.1) is 0 Å². The van der Waals surface area contributed by atoms with Crippen molar-refractivity contribution in [1.82, 2.24) is 15.1 Å². The highest BCUT2D eigenvalue weighted by Gasteiger charge is 2.40. The number of hydrogen-bond acceptors (Lipinski definition) is 4. The molecule has 2 aromatic carbocycles. The molecule has 4 rings (SSSR count). The van der Waals surface area contributed by atoms with Gasteiger partial charge in [-0.15, -0.1) is 0 Å². The van der Waals surface area contributed by atoms with Crippen LogP contribution in [0.15, 0.2) is 60.7 Å². The Balaban J connectivity index is 1.23. The summed E-state index contributed by atoms with van der Waals surface area (Å²) in [4.78, 5) is 17.7. The van der Waals surface area contributed by atoms with E-state index in [1.54, 1.807) is 0 Å². The molecule has 0 saturated carbocycles. The van der Waals surface area contributed by atoms with Gasteiger partial charge in [-0.1, -0.05) is 60.7 Å². The molecule has 2 aromatic rings. The van der Waals surface area contributed by atoms with E-state index in [0.29, 0.717) is 25.6 Å². The molecule has 2 heterocycles. The number of rotatable bonds is 8. The minimum atomic E-state index is -0.401. The fourth-order valence-electron chi connectivity index (χ4n) is 5.02. The Labute approximate surface area is 186 Å². The number of benzene rings is 2. The van der Waals surface area contributed by atoms with E-state index in [1.807, 2.05) is 6.07 Å². The van der Waals surface area contributed by atoms with Crippen molar-refractivity contribution >= 4 is 5.91 Å². The Kier molecular flexibility index (Phi) is 7.73. The molecule has 2 saturated heterocycles. The highest BCUT2D eigenvalue weighted by atomic mass is 16.3. The van der Waals surface area contributed by atoms with Crippen LogP contribution in [0.3, 0.4) is 0 Å². The van der Waals surface area contributed by atoms with Gasteiger partial charge >= 0.3 is 0 Å². The summed E-state index contributed by atoms with van der Waals surface area (Å²) >= 11 is 0. The second-order valence-electron chi connectivity index (χ2n) is 8.98. The number of aliphatic hydroxyl groups is 1. The topological polar surface area (TPSA) is 55.8 Å². The molecule has 166 valence electrons. The van der Waals surface area contributed by atoms with Crippen molar-refractivity contribution in [2.24, 2.45) is 0 Å². The maximum absolute atomic E-state index is 12.9. The number of likely N-dealkylation sites (tertiary alicyclic amines) is 2. The number of nitrogens with zero attached hydrogens (tertiary/aromatic N) is 2. The van der Waals surface area contributed by atoms with E-state index in [-0.39, 0.29) is 11.9 Å². The molecular formula is C26H35N3O2. The van der Waals surface area contributed by atoms with E-state index < -0.39 is 6.10 Å². The number of aryl methyl sites for hydroxylation is 1. The van der Waals surface area contributed by atoms with Gasteiger partial charge in [0.15, 0.2) is 0 Å². The van der Waals surface area contributed by atoms with E-state index in [2.05, 4.69) is 69.7 Å². The Morgan fingerprint density at radius 2 is 1.61 bits per heavy atom. The van der Waals surface area contributed by atoms with Gasteiger partial charge in [0.05, 0.1) is 12.1 Å². The summed E-state index contributed by atoms with van der Waals surface area (Å²) in [6, 6.07) is 21.2. The number of carbonyl (C=O) groups excluding carboxylic acids is 1. The molecule has 5 heteroatoms. The molecule has 0 radical (unpaired) electrons. The summed E-state index contributed by atoms with van der Waals surface area (Å²) < 4.78 is 0. The van der Waals surface area contributed by atoms with E-state index >= 15 is 0 Å². The summed E-state index contributed by atoms with van der Waals surface area (Å²) in [5, 5.41) is 13.4. The van der Waals surface area contributed by atoms with Gasteiger partial charge in [0.1, 0.15) is 0 Å². The van der Waals surface area contributed by atoms with Gasteiger partial charge < -0.3 is 10.4 Å². The van der Waals surface area contributed by atoms with Crippen LogP contribution < -0.4 is 5.32 Å².